The lowest BCUT2D eigenvalue weighted by Crippen LogP contribution is -2.18. The second-order valence-corrected chi connectivity index (χ2v) is 6.93. The molecule has 0 bridgehead atoms. The van der Waals surface area contributed by atoms with Crippen LogP contribution < -0.4 is 5.32 Å². The highest BCUT2D eigenvalue weighted by Gasteiger charge is 2.07. The molecule has 0 aliphatic heterocycles. The minimum Gasteiger partial charge on any atom is -0.316 e. The van der Waals surface area contributed by atoms with E-state index in [4.69, 9.17) is 0 Å². The first-order valence-corrected chi connectivity index (χ1v) is 8.52. The summed E-state index contributed by atoms with van der Waals surface area (Å²) in [5.74, 6) is 0. The van der Waals surface area contributed by atoms with Crippen LogP contribution in [0.1, 0.15) is 16.7 Å². The maximum Gasteiger partial charge on any atom is 0.0245 e. The summed E-state index contributed by atoms with van der Waals surface area (Å²) in [5, 5.41) is 3.17. The number of halogens is 2. The number of rotatable bonds is 6. The third-order valence-electron chi connectivity index (χ3n) is 3.34. The lowest BCUT2D eigenvalue weighted by Gasteiger charge is -2.19. The van der Waals surface area contributed by atoms with Crippen LogP contribution >= 0.6 is 31.9 Å². The number of benzene rings is 2. The summed E-state index contributed by atoms with van der Waals surface area (Å²) in [5.41, 5.74) is 3.91. The van der Waals surface area contributed by atoms with Crippen LogP contribution in [0.15, 0.2) is 51.4 Å². The summed E-state index contributed by atoms with van der Waals surface area (Å²) in [4.78, 5) is 2.32. The van der Waals surface area contributed by atoms with Crippen LogP contribution in [0.25, 0.3) is 0 Å². The third-order valence-corrected chi connectivity index (χ3v) is 4.85. The van der Waals surface area contributed by atoms with E-state index in [-0.39, 0.29) is 0 Å². The van der Waals surface area contributed by atoms with Gasteiger partial charge >= 0.3 is 0 Å². The van der Waals surface area contributed by atoms with E-state index in [0.29, 0.717) is 0 Å². The lowest BCUT2D eigenvalue weighted by molar-refractivity contribution is 0.318. The van der Waals surface area contributed by atoms with Gasteiger partial charge in [0.2, 0.25) is 0 Å². The molecule has 0 aromatic heterocycles. The molecule has 0 aliphatic carbocycles. The molecule has 21 heavy (non-hydrogen) atoms. The summed E-state index contributed by atoms with van der Waals surface area (Å²) in [7, 11) is 4.11. The van der Waals surface area contributed by atoms with Crippen LogP contribution in [0.3, 0.4) is 0 Å². The summed E-state index contributed by atoms with van der Waals surface area (Å²) >= 11 is 7.29. The normalized spacial score (nSPS) is 11.1. The fourth-order valence-corrected chi connectivity index (χ4v) is 3.26. The van der Waals surface area contributed by atoms with Crippen LogP contribution in [-0.4, -0.2) is 19.0 Å². The highest BCUT2D eigenvalue weighted by Crippen LogP contribution is 2.22. The molecule has 0 radical (unpaired) electrons. The van der Waals surface area contributed by atoms with Gasteiger partial charge in [-0.25, -0.2) is 0 Å². The van der Waals surface area contributed by atoms with Gasteiger partial charge in [-0.3, -0.25) is 4.90 Å². The Bertz CT molecular complexity index is 599. The van der Waals surface area contributed by atoms with Crippen molar-refractivity contribution in [1.82, 2.24) is 10.2 Å². The molecule has 0 aliphatic rings. The van der Waals surface area contributed by atoms with Gasteiger partial charge in [0.25, 0.3) is 0 Å². The Kier molecular flexibility index (Phi) is 6.42. The molecule has 0 heterocycles. The lowest BCUT2D eigenvalue weighted by atomic mass is 10.1. The highest BCUT2D eigenvalue weighted by atomic mass is 79.9. The van der Waals surface area contributed by atoms with Crippen molar-refractivity contribution < 1.29 is 0 Å². The predicted molar refractivity (Wildman–Crippen MR) is 96.2 cm³/mol. The van der Waals surface area contributed by atoms with Gasteiger partial charge in [0.1, 0.15) is 0 Å². The van der Waals surface area contributed by atoms with Crippen molar-refractivity contribution in [2.45, 2.75) is 19.6 Å². The second kappa shape index (κ2) is 8.08. The molecule has 1 N–H and O–H groups in total. The molecule has 0 unspecified atom stereocenters. The van der Waals surface area contributed by atoms with E-state index in [2.05, 4.69) is 85.5 Å². The maximum atomic E-state index is 3.68. The van der Waals surface area contributed by atoms with Crippen molar-refractivity contribution >= 4 is 31.9 Å². The molecule has 2 rings (SSSR count). The molecule has 2 aromatic carbocycles. The Morgan fingerprint density at radius 3 is 2.24 bits per heavy atom. The summed E-state index contributed by atoms with van der Waals surface area (Å²) in [6.07, 6.45) is 0. The summed E-state index contributed by atoms with van der Waals surface area (Å²) < 4.78 is 2.34. The molecule has 2 nitrogen and oxygen atoms in total. The molecule has 2 aromatic rings. The first kappa shape index (κ1) is 16.7. The average molecular weight is 412 g/mol. The average Bonchev–Trinajstić information content (AvgIpc) is 2.45. The third kappa shape index (κ3) is 4.92. The monoisotopic (exact) mass is 410 g/mol. The zero-order valence-corrected chi connectivity index (χ0v) is 15.5. The summed E-state index contributed by atoms with van der Waals surface area (Å²) in [6, 6.07) is 15.0. The number of nitrogens with one attached hydrogen (secondary N) is 1. The van der Waals surface area contributed by atoms with Gasteiger partial charge in [-0.05, 0) is 42.9 Å². The van der Waals surface area contributed by atoms with Crippen molar-refractivity contribution in [3.05, 3.63) is 68.1 Å². The van der Waals surface area contributed by atoms with Crippen molar-refractivity contribution in [3.8, 4) is 0 Å². The Hall–Kier alpha value is -0.680. The van der Waals surface area contributed by atoms with Gasteiger partial charge in [-0.1, -0.05) is 62.2 Å². The first-order valence-electron chi connectivity index (χ1n) is 6.94. The maximum absolute atomic E-state index is 3.68. The standard InChI is InChI=1S/C17H20Br2N2/c1-20-10-13-7-8-15(17(19)9-13)12-21(2)11-14-5-3-4-6-16(14)18/h3-9,20H,10-12H2,1-2H3. The molecule has 4 heteroatoms. The van der Waals surface area contributed by atoms with Crippen molar-refractivity contribution in [2.24, 2.45) is 0 Å². The van der Waals surface area contributed by atoms with Gasteiger partial charge in [0.15, 0.2) is 0 Å². The highest BCUT2D eigenvalue weighted by molar-refractivity contribution is 9.10. The van der Waals surface area contributed by atoms with Gasteiger partial charge in [0, 0.05) is 28.6 Å². The van der Waals surface area contributed by atoms with E-state index < -0.39 is 0 Å². The predicted octanol–water partition coefficient (Wildman–Crippen LogP) is 4.56. The van der Waals surface area contributed by atoms with E-state index in [9.17, 15) is 0 Å². The first-order chi connectivity index (χ1) is 10.1. The molecule has 112 valence electrons. The molecular formula is C17H20Br2N2. The van der Waals surface area contributed by atoms with Gasteiger partial charge in [0.05, 0.1) is 0 Å². The van der Waals surface area contributed by atoms with Crippen LogP contribution in [0.4, 0.5) is 0 Å². The molecule has 0 saturated heterocycles. The fourth-order valence-electron chi connectivity index (χ4n) is 2.30. The molecule has 0 saturated carbocycles. The number of nitrogens with zero attached hydrogens (tertiary/aromatic N) is 1. The van der Waals surface area contributed by atoms with Crippen molar-refractivity contribution in [3.63, 3.8) is 0 Å². The van der Waals surface area contributed by atoms with Crippen LogP contribution in [0.2, 0.25) is 0 Å². The molecule has 0 atom stereocenters. The Labute approximate surface area is 143 Å². The van der Waals surface area contributed by atoms with Gasteiger partial charge in [-0.2, -0.15) is 0 Å². The minimum absolute atomic E-state index is 0.895. The second-order valence-electron chi connectivity index (χ2n) is 5.22. The molecule has 0 fully saturated rings. The van der Waals surface area contributed by atoms with Crippen LogP contribution in [-0.2, 0) is 19.6 Å². The zero-order chi connectivity index (χ0) is 15.2. The Morgan fingerprint density at radius 1 is 0.952 bits per heavy atom. The Balaban J connectivity index is 2.02. The van der Waals surface area contributed by atoms with E-state index >= 15 is 0 Å². The summed E-state index contributed by atoms with van der Waals surface area (Å²) in [6.45, 7) is 2.74. The van der Waals surface area contributed by atoms with E-state index in [1.807, 2.05) is 13.1 Å². The van der Waals surface area contributed by atoms with Crippen molar-refractivity contribution in [2.75, 3.05) is 14.1 Å². The fraction of sp³-hybridized carbons (Fsp3) is 0.294. The van der Waals surface area contributed by atoms with E-state index in [0.717, 1.165) is 19.6 Å². The van der Waals surface area contributed by atoms with Crippen molar-refractivity contribution in [1.29, 1.82) is 0 Å². The zero-order valence-electron chi connectivity index (χ0n) is 12.4. The van der Waals surface area contributed by atoms with Gasteiger partial charge < -0.3 is 5.32 Å². The Morgan fingerprint density at radius 2 is 1.62 bits per heavy atom. The molecular weight excluding hydrogens is 392 g/mol. The quantitative estimate of drug-likeness (QED) is 0.749. The van der Waals surface area contributed by atoms with Crippen LogP contribution in [0.5, 0.6) is 0 Å². The topological polar surface area (TPSA) is 15.3 Å². The van der Waals surface area contributed by atoms with Crippen LogP contribution in [0, 0.1) is 0 Å². The molecule has 0 amide bonds. The number of hydrogen-bond acceptors (Lipinski definition) is 2. The SMILES string of the molecule is CNCc1ccc(CN(C)Cc2ccccc2Br)c(Br)c1. The number of hydrogen-bond donors (Lipinski definition) is 1. The van der Waals surface area contributed by atoms with Gasteiger partial charge in [-0.15, -0.1) is 0 Å². The smallest absolute Gasteiger partial charge is 0.0245 e. The van der Waals surface area contributed by atoms with E-state index in [1.165, 1.54) is 25.6 Å². The minimum atomic E-state index is 0.895. The largest absolute Gasteiger partial charge is 0.316 e. The van der Waals surface area contributed by atoms with E-state index in [1.54, 1.807) is 0 Å². The molecule has 0 spiro atoms.